The summed E-state index contributed by atoms with van der Waals surface area (Å²) in [6.45, 7) is 2.68. The van der Waals surface area contributed by atoms with E-state index in [1.165, 1.54) is 23.2 Å². The Kier molecular flexibility index (Phi) is 16.5. The summed E-state index contributed by atoms with van der Waals surface area (Å²) in [5.41, 5.74) is 9.12. The van der Waals surface area contributed by atoms with Crippen LogP contribution < -0.4 is 22.1 Å². The van der Waals surface area contributed by atoms with Crippen LogP contribution in [0, 0.1) is 40.7 Å². The van der Waals surface area contributed by atoms with Gasteiger partial charge in [-0.25, -0.2) is 45.7 Å². The summed E-state index contributed by atoms with van der Waals surface area (Å²) in [5, 5.41) is 5.85. The fourth-order valence-corrected chi connectivity index (χ4v) is 7.32. The number of carbonyl (C=O) groups excluding carboxylic acids is 2. The average molecular weight is 918 g/mol. The monoisotopic (exact) mass is 917 g/mol. The lowest BCUT2D eigenvalue weighted by molar-refractivity contribution is -0.161. The highest BCUT2D eigenvalue weighted by Crippen LogP contribution is 2.36. The van der Waals surface area contributed by atoms with Crippen LogP contribution in [0.5, 0.6) is 0 Å². The Balaban J connectivity index is 0.000000241. The van der Waals surface area contributed by atoms with Gasteiger partial charge in [-0.1, -0.05) is 6.92 Å². The number of anilines is 2. The van der Waals surface area contributed by atoms with Crippen molar-refractivity contribution >= 4 is 23.5 Å². The summed E-state index contributed by atoms with van der Waals surface area (Å²) in [6, 6.07) is -0.159. The zero-order valence-corrected chi connectivity index (χ0v) is 34.4. The molecule has 2 fully saturated rings. The van der Waals surface area contributed by atoms with Gasteiger partial charge in [-0.05, 0) is 74.4 Å². The first-order valence-electron chi connectivity index (χ1n) is 20.3. The predicted octanol–water partition coefficient (Wildman–Crippen LogP) is 7.00. The van der Waals surface area contributed by atoms with Crippen LogP contribution >= 0.6 is 0 Å². The summed E-state index contributed by atoms with van der Waals surface area (Å²) in [6.07, 6.45) is 5.06. The molecule has 4 atom stereocenters. The van der Waals surface area contributed by atoms with Crippen LogP contribution in [-0.4, -0.2) is 92.8 Å². The number of likely N-dealkylation sites (tertiary alicyclic amines) is 2. The number of aromatic nitrogens is 3. The van der Waals surface area contributed by atoms with Gasteiger partial charge in [0.25, 0.3) is 11.8 Å². The fraction of sp³-hybridized carbons (Fsp3) is 0.452. The number of halogens is 11. The number of hydrogen-bond acceptors (Lipinski definition) is 9. The van der Waals surface area contributed by atoms with Gasteiger partial charge >= 0.3 is 5.92 Å². The second kappa shape index (κ2) is 21.4. The number of rotatable bonds is 15. The van der Waals surface area contributed by atoms with Crippen molar-refractivity contribution in [3.8, 4) is 0 Å². The quantitative estimate of drug-likeness (QED) is 0.0729. The normalized spacial score (nSPS) is 17.7. The molecule has 0 radical (unpaired) electrons. The Labute approximate surface area is 360 Å². The number of nitrogens with zero attached hydrogens (tertiary/aromatic N) is 5. The van der Waals surface area contributed by atoms with E-state index in [1.807, 2.05) is 6.92 Å². The lowest BCUT2D eigenvalue weighted by atomic mass is 9.96. The minimum atomic E-state index is -4.09. The summed E-state index contributed by atoms with van der Waals surface area (Å²) < 4.78 is 153. The maximum Gasteiger partial charge on any atom is 0.339 e. The van der Waals surface area contributed by atoms with Gasteiger partial charge in [-0.3, -0.25) is 9.59 Å². The van der Waals surface area contributed by atoms with Crippen LogP contribution in [0.1, 0.15) is 62.4 Å². The highest BCUT2D eigenvalue weighted by atomic mass is 19.3. The standard InChI is InChI=1S/C22H26F5N5O.C20H20F6N4O/c1-2-19-29-7-6-20(31-19)30-12-13-5-3-4-8-32(13)21(33)11-18(28)22(26,27)14-9-16(24)17(25)10-15(14)23;21-13-4-1-5-28-18(13)29-10-12-3-2-6-30(12)19(31)20(25,26)17(27)8-11-7-15(23)16(24)9-14(11)22/h6-7,9-10,13,18H,2-5,8,11-12,28H2,1H3,(H,29,30,31);1,4-5,7,9,12,17H,2-3,6,8,10,27H2,(H,28,29)/t13-,18?;12-,17?/m00/s1. The molecule has 348 valence electrons. The fourth-order valence-electron chi connectivity index (χ4n) is 7.32. The van der Waals surface area contributed by atoms with Crippen LogP contribution in [-0.2, 0) is 28.4 Å². The second-order valence-electron chi connectivity index (χ2n) is 15.3. The third kappa shape index (κ3) is 11.9. The van der Waals surface area contributed by atoms with Gasteiger partial charge in [0.1, 0.15) is 23.3 Å². The second-order valence-corrected chi connectivity index (χ2v) is 15.3. The molecule has 11 nitrogen and oxygen atoms in total. The molecule has 4 heterocycles. The van der Waals surface area contributed by atoms with E-state index >= 15 is 0 Å². The molecule has 0 spiro atoms. The molecule has 4 aromatic rings. The largest absolute Gasteiger partial charge is 0.368 e. The zero-order chi connectivity index (χ0) is 46.9. The van der Waals surface area contributed by atoms with Crippen LogP contribution in [0.25, 0.3) is 0 Å². The van der Waals surface area contributed by atoms with E-state index in [1.54, 1.807) is 12.3 Å². The molecule has 6 rings (SSSR count). The Morgan fingerprint density at radius 1 is 0.734 bits per heavy atom. The third-order valence-corrected chi connectivity index (χ3v) is 10.9. The van der Waals surface area contributed by atoms with Gasteiger partial charge in [0.2, 0.25) is 5.91 Å². The topological polar surface area (TPSA) is 155 Å². The van der Waals surface area contributed by atoms with Crippen molar-refractivity contribution in [2.24, 2.45) is 11.5 Å². The van der Waals surface area contributed by atoms with Gasteiger partial charge < -0.3 is 31.9 Å². The molecule has 0 saturated carbocycles. The predicted molar refractivity (Wildman–Crippen MR) is 212 cm³/mol. The minimum Gasteiger partial charge on any atom is -0.368 e. The van der Waals surface area contributed by atoms with Gasteiger partial charge in [-0.15, -0.1) is 0 Å². The molecule has 2 aromatic heterocycles. The highest BCUT2D eigenvalue weighted by molar-refractivity contribution is 5.85. The van der Waals surface area contributed by atoms with Crippen LogP contribution in [0.15, 0.2) is 54.9 Å². The van der Waals surface area contributed by atoms with Gasteiger partial charge in [-0.2, -0.15) is 17.6 Å². The average Bonchev–Trinajstić information content (AvgIpc) is 3.74. The number of carbonyl (C=O) groups is 2. The smallest absolute Gasteiger partial charge is 0.339 e. The number of nitrogens with one attached hydrogen (secondary N) is 2. The van der Waals surface area contributed by atoms with E-state index in [2.05, 4.69) is 25.6 Å². The van der Waals surface area contributed by atoms with Crippen LogP contribution in [0.3, 0.4) is 0 Å². The maximum absolute atomic E-state index is 14.8. The molecule has 2 saturated heterocycles. The molecule has 2 aliphatic rings. The first-order valence-corrected chi connectivity index (χ1v) is 20.3. The Hall–Kier alpha value is -5.64. The summed E-state index contributed by atoms with van der Waals surface area (Å²) >= 11 is 0. The van der Waals surface area contributed by atoms with Crippen molar-refractivity contribution in [2.45, 2.75) is 94.3 Å². The zero-order valence-electron chi connectivity index (χ0n) is 34.4. The number of benzene rings is 2. The van der Waals surface area contributed by atoms with Crippen molar-refractivity contribution in [1.82, 2.24) is 24.8 Å². The molecule has 2 aliphatic heterocycles. The molecular weight excluding hydrogens is 872 g/mol. The van der Waals surface area contributed by atoms with E-state index in [9.17, 15) is 57.9 Å². The number of aryl methyl sites for hydroxylation is 1. The number of hydrogen-bond donors (Lipinski definition) is 4. The van der Waals surface area contributed by atoms with Crippen molar-refractivity contribution in [3.05, 3.63) is 113 Å². The number of pyridine rings is 1. The van der Waals surface area contributed by atoms with Crippen molar-refractivity contribution in [3.63, 3.8) is 0 Å². The van der Waals surface area contributed by atoms with Crippen LogP contribution in [0.4, 0.5) is 59.9 Å². The number of amides is 2. The molecule has 6 N–H and O–H groups in total. The van der Waals surface area contributed by atoms with Gasteiger partial charge in [0.05, 0.1) is 17.6 Å². The van der Waals surface area contributed by atoms with Crippen LogP contribution in [0.2, 0.25) is 0 Å². The summed E-state index contributed by atoms with van der Waals surface area (Å²) in [7, 11) is 0. The van der Waals surface area contributed by atoms with E-state index in [0.29, 0.717) is 62.9 Å². The first-order chi connectivity index (χ1) is 30.2. The van der Waals surface area contributed by atoms with Crippen molar-refractivity contribution in [2.75, 3.05) is 36.8 Å². The lowest BCUT2D eigenvalue weighted by Crippen LogP contribution is -2.56. The summed E-state index contributed by atoms with van der Waals surface area (Å²) in [4.78, 5) is 40.1. The third-order valence-electron chi connectivity index (χ3n) is 10.9. The highest BCUT2D eigenvalue weighted by Gasteiger charge is 2.50. The lowest BCUT2D eigenvalue weighted by Gasteiger charge is -2.37. The van der Waals surface area contributed by atoms with E-state index in [4.69, 9.17) is 11.5 Å². The van der Waals surface area contributed by atoms with Crippen molar-refractivity contribution in [1.29, 1.82) is 0 Å². The van der Waals surface area contributed by atoms with Crippen molar-refractivity contribution < 1.29 is 57.9 Å². The Bertz CT molecular complexity index is 2260. The molecule has 2 aromatic carbocycles. The van der Waals surface area contributed by atoms with Gasteiger partial charge in [0, 0.05) is 75.6 Å². The van der Waals surface area contributed by atoms with E-state index in [-0.39, 0.29) is 43.1 Å². The molecule has 2 unspecified atom stereocenters. The summed E-state index contributed by atoms with van der Waals surface area (Å²) in [5.74, 6) is -18.7. The number of piperidine rings is 1. The molecule has 22 heteroatoms. The molecule has 0 bridgehead atoms. The molecule has 2 amide bonds. The van der Waals surface area contributed by atoms with E-state index in [0.717, 1.165) is 11.3 Å². The minimum absolute atomic E-state index is 0.0111. The maximum atomic E-state index is 14.8. The molecule has 64 heavy (non-hydrogen) atoms. The van der Waals surface area contributed by atoms with Gasteiger partial charge in [0.15, 0.2) is 34.9 Å². The SMILES string of the molecule is CCc1nccc(NC[C@@H]2CCCCN2C(=O)CC(N)C(F)(F)c2cc(F)c(F)cc2F)n1.NC(Cc1cc(F)c(F)cc1F)C(F)(F)C(=O)N1CCC[C@H]1CNc1ncccc1F. The Morgan fingerprint density at radius 2 is 1.36 bits per heavy atom. The Morgan fingerprint density at radius 3 is 2.06 bits per heavy atom. The molecule has 0 aliphatic carbocycles. The molecular formula is C42H46F11N9O2. The number of nitrogens with two attached hydrogens (primary N) is 2. The number of alkyl halides is 4. The van der Waals surface area contributed by atoms with E-state index < -0.39 is 106 Å². The first kappa shape index (κ1) is 49.4.